The molecule has 3 unspecified atom stereocenters. The van der Waals surface area contributed by atoms with Gasteiger partial charge in [-0.1, -0.05) is 31.4 Å². The van der Waals surface area contributed by atoms with Crippen molar-refractivity contribution in [1.29, 1.82) is 0 Å². The molecule has 0 aromatic heterocycles. The second kappa shape index (κ2) is 9.33. The van der Waals surface area contributed by atoms with Crippen LogP contribution in [0.5, 0.6) is 0 Å². The van der Waals surface area contributed by atoms with E-state index in [0.717, 1.165) is 24.8 Å². The van der Waals surface area contributed by atoms with Crippen LogP contribution in [-0.4, -0.2) is 53.6 Å². The van der Waals surface area contributed by atoms with E-state index in [4.69, 9.17) is 9.84 Å². The van der Waals surface area contributed by atoms with Crippen LogP contribution >= 0.6 is 7.37 Å². The van der Waals surface area contributed by atoms with Crippen LogP contribution in [0.4, 0.5) is 0 Å². The van der Waals surface area contributed by atoms with Gasteiger partial charge in [0.25, 0.3) is 0 Å². The molecule has 1 aromatic rings. The summed E-state index contributed by atoms with van der Waals surface area (Å²) < 4.78 is 18.5. The summed E-state index contributed by atoms with van der Waals surface area (Å²) in [5.41, 5.74) is 1.33. The molecule has 2 fully saturated rings. The Morgan fingerprint density at radius 2 is 1.85 bits per heavy atom. The van der Waals surface area contributed by atoms with Gasteiger partial charge in [-0.25, -0.2) is 4.79 Å². The minimum absolute atomic E-state index is 0.133. The molecule has 0 bridgehead atoms. The number of benzene rings is 1. The lowest BCUT2D eigenvalue weighted by atomic mass is 9.91. The highest BCUT2D eigenvalue weighted by Crippen LogP contribution is 2.46. The fourth-order valence-corrected chi connectivity index (χ4v) is 6.34. The van der Waals surface area contributed by atoms with Crippen LogP contribution < -0.4 is 5.32 Å². The van der Waals surface area contributed by atoms with Crippen LogP contribution in [0.25, 0.3) is 0 Å². The molecular weight excluding hydrogens is 365 g/mol. The Labute approximate surface area is 160 Å². The van der Waals surface area contributed by atoms with Gasteiger partial charge >= 0.3 is 5.97 Å². The lowest BCUT2D eigenvalue weighted by molar-refractivity contribution is 0.0162. The van der Waals surface area contributed by atoms with Gasteiger partial charge in [0, 0.05) is 18.7 Å². The number of ether oxygens (including phenoxy) is 1. The summed E-state index contributed by atoms with van der Waals surface area (Å²) in [7, 11) is -3.15. The minimum Gasteiger partial charge on any atom is -0.478 e. The molecule has 2 aliphatic rings. The van der Waals surface area contributed by atoms with E-state index in [0.29, 0.717) is 25.2 Å². The van der Waals surface area contributed by atoms with Crippen molar-refractivity contribution >= 4 is 13.3 Å². The third-order valence-corrected chi connectivity index (χ3v) is 7.67. The third-order valence-electron chi connectivity index (χ3n) is 5.61. The second-order valence-electron chi connectivity index (χ2n) is 7.98. The SMILES string of the molecule is O=C(O)c1ccc(CC2COC(CP(=O)(O)CC3CCCCC3)CN2)cc1. The molecule has 7 heteroatoms. The molecule has 6 nitrogen and oxygen atoms in total. The summed E-state index contributed by atoms with van der Waals surface area (Å²) in [5, 5.41) is 12.4. The summed E-state index contributed by atoms with van der Waals surface area (Å²) >= 11 is 0. The fourth-order valence-electron chi connectivity index (χ4n) is 4.15. The van der Waals surface area contributed by atoms with Gasteiger partial charge in [-0.3, -0.25) is 4.57 Å². The minimum atomic E-state index is -3.15. The van der Waals surface area contributed by atoms with E-state index in [2.05, 4.69) is 5.32 Å². The molecular formula is C20H30NO5P. The number of carboxylic acids is 1. The number of nitrogens with one attached hydrogen (secondary N) is 1. The van der Waals surface area contributed by atoms with Crippen LogP contribution in [-0.2, 0) is 15.7 Å². The summed E-state index contributed by atoms with van der Waals surface area (Å²) in [5.74, 6) is -0.530. The van der Waals surface area contributed by atoms with Crippen LogP contribution in [0.2, 0.25) is 0 Å². The maximum absolute atomic E-state index is 12.6. The van der Waals surface area contributed by atoms with Gasteiger partial charge in [-0.05, 0) is 42.9 Å². The van der Waals surface area contributed by atoms with E-state index in [1.54, 1.807) is 12.1 Å². The molecule has 3 rings (SSSR count). The van der Waals surface area contributed by atoms with Crippen LogP contribution in [0.3, 0.4) is 0 Å². The topological polar surface area (TPSA) is 95.9 Å². The molecule has 3 atom stereocenters. The van der Waals surface area contributed by atoms with E-state index in [9.17, 15) is 14.3 Å². The van der Waals surface area contributed by atoms with Gasteiger partial charge < -0.3 is 20.1 Å². The Kier molecular flexibility index (Phi) is 7.10. The lowest BCUT2D eigenvalue weighted by Gasteiger charge is -2.32. The fraction of sp³-hybridized carbons (Fsp3) is 0.650. The maximum Gasteiger partial charge on any atom is 0.335 e. The average Bonchev–Trinajstić information content (AvgIpc) is 2.64. The zero-order valence-corrected chi connectivity index (χ0v) is 16.6. The first kappa shape index (κ1) is 20.5. The second-order valence-corrected chi connectivity index (χ2v) is 10.4. The van der Waals surface area contributed by atoms with E-state index in [1.165, 1.54) is 19.3 Å². The molecule has 0 amide bonds. The largest absolute Gasteiger partial charge is 0.478 e. The average molecular weight is 395 g/mol. The highest BCUT2D eigenvalue weighted by molar-refractivity contribution is 7.58. The number of hydrogen-bond donors (Lipinski definition) is 3. The van der Waals surface area contributed by atoms with Crippen molar-refractivity contribution in [3.63, 3.8) is 0 Å². The third kappa shape index (κ3) is 6.42. The van der Waals surface area contributed by atoms with Gasteiger partial charge in [-0.15, -0.1) is 0 Å². The highest BCUT2D eigenvalue weighted by Gasteiger charge is 2.31. The van der Waals surface area contributed by atoms with Crippen molar-refractivity contribution in [1.82, 2.24) is 5.32 Å². The number of morpholine rings is 1. The van der Waals surface area contributed by atoms with Gasteiger partial charge in [0.2, 0.25) is 7.37 Å². The van der Waals surface area contributed by atoms with Crippen LogP contribution in [0, 0.1) is 5.92 Å². The van der Waals surface area contributed by atoms with Crippen molar-refractivity contribution in [2.24, 2.45) is 5.92 Å². The molecule has 1 saturated carbocycles. The first-order chi connectivity index (χ1) is 12.9. The number of aromatic carboxylic acids is 1. The van der Waals surface area contributed by atoms with Gasteiger partial charge in [0.1, 0.15) is 0 Å². The Bertz CT molecular complexity index is 663. The monoisotopic (exact) mass is 395 g/mol. The van der Waals surface area contributed by atoms with Crippen molar-refractivity contribution in [3.05, 3.63) is 35.4 Å². The summed E-state index contributed by atoms with van der Waals surface area (Å²) in [6, 6.07) is 7.00. The Morgan fingerprint density at radius 3 is 2.44 bits per heavy atom. The number of carbonyl (C=O) groups is 1. The van der Waals surface area contributed by atoms with Crippen LogP contribution in [0.15, 0.2) is 24.3 Å². The van der Waals surface area contributed by atoms with Crippen molar-refractivity contribution in [3.8, 4) is 0 Å². The molecule has 0 radical (unpaired) electrons. The zero-order chi connectivity index (χ0) is 19.3. The first-order valence-corrected chi connectivity index (χ1v) is 11.9. The van der Waals surface area contributed by atoms with Gasteiger partial charge in [0.05, 0.1) is 24.4 Å². The Hall–Kier alpha value is -1.20. The summed E-state index contributed by atoms with van der Waals surface area (Å²) in [4.78, 5) is 21.3. The number of carboxylic acid groups (broad SMARTS) is 1. The summed E-state index contributed by atoms with van der Waals surface area (Å²) in [6.07, 6.45) is 6.97. The van der Waals surface area contributed by atoms with E-state index >= 15 is 0 Å². The van der Waals surface area contributed by atoms with Crippen molar-refractivity contribution < 1.29 is 24.1 Å². The molecule has 3 N–H and O–H groups in total. The maximum atomic E-state index is 12.6. The first-order valence-electron chi connectivity index (χ1n) is 9.89. The normalized spacial score (nSPS) is 26.4. The van der Waals surface area contributed by atoms with Gasteiger partial charge in [0.15, 0.2) is 0 Å². The molecule has 1 aromatic carbocycles. The predicted octanol–water partition coefficient (Wildman–Crippen LogP) is 3.14. The standard InChI is InChI=1S/C20H30NO5P/c22-20(23)17-8-6-15(7-9-17)10-18-12-26-19(11-21-18)14-27(24,25)13-16-4-2-1-3-5-16/h6-9,16,18-19,21H,1-5,10-14H2,(H,22,23)(H,24,25). The Morgan fingerprint density at radius 1 is 1.15 bits per heavy atom. The molecule has 1 aliphatic carbocycles. The van der Waals surface area contributed by atoms with E-state index in [-0.39, 0.29) is 23.9 Å². The molecule has 1 heterocycles. The molecule has 1 aliphatic heterocycles. The van der Waals surface area contributed by atoms with Crippen molar-refractivity contribution in [2.75, 3.05) is 25.5 Å². The zero-order valence-electron chi connectivity index (χ0n) is 15.7. The number of hydrogen-bond acceptors (Lipinski definition) is 4. The Balaban J connectivity index is 1.42. The quantitative estimate of drug-likeness (QED) is 0.614. The van der Waals surface area contributed by atoms with Gasteiger partial charge in [-0.2, -0.15) is 0 Å². The number of rotatable bonds is 7. The molecule has 27 heavy (non-hydrogen) atoms. The molecule has 1 saturated heterocycles. The van der Waals surface area contributed by atoms with Crippen molar-refractivity contribution in [2.45, 2.75) is 50.7 Å². The summed E-state index contributed by atoms with van der Waals surface area (Å²) in [6.45, 7) is 1.07. The predicted molar refractivity (Wildman–Crippen MR) is 105 cm³/mol. The molecule has 150 valence electrons. The smallest absolute Gasteiger partial charge is 0.335 e. The van der Waals surface area contributed by atoms with E-state index in [1.807, 2.05) is 12.1 Å². The van der Waals surface area contributed by atoms with E-state index < -0.39 is 13.3 Å². The molecule has 0 spiro atoms. The highest BCUT2D eigenvalue weighted by atomic mass is 31.2. The van der Waals surface area contributed by atoms with Crippen LogP contribution in [0.1, 0.15) is 48.0 Å². The lowest BCUT2D eigenvalue weighted by Crippen LogP contribution is -2.48.